The van der Waals surface area contributed by atoms with E-state index < -0.39 is 18.4 Å². The van der Waals surface area contributed by atoms with Gasteiger partial charge in [0.25, 0.3) is 0 Å². The largest absolute Gasteiger partial charge is 0.442 e. The second kappa shape index (κ2) is 7.08. The molecular formula is C17H20FN3O4. The maximum atomic E-state index is 13.6. The Morgan fingerprint density at radius 3 is 2.56 bits per heavy atom. The van der Waals surface area contributed by atoms with E-state index in [-0.39, 0.29) is 31.2 Å². The van der Waals surface area contributed by atoms with E-state index >= 15 is 0 Å². The molecule has 0 aliphatic carbocycles. The average Bonchev–Trinajstić information content (AvgIpc) is 2.96. The van der Waals surface area contributed by atoms with Gasteiger partial charge in [0, 0.05) is 31.3 Å². The number of nitrogens with zero attached hydrogens (tertiary/aromatic N) is 2. The number of rotatable bonds is 4. The Bertz CT molecular complexity index is 679. The molecule has 0 spiro atoms. The van der Waals surface area contributed by atoms with E-state index in [1.54, 1.807) is 24.3 Å². The van der Waals surface area contributed by atoms with Gasteiger partial charge in [0.1, 0.15) is 6.10 Å². The summed E-state index contributed by atoms with van der Waals surface area (Å²) in [6.45, 7) is 2.58. The Labute approximate surface area is 144 Å². The second-order valence-electron chi connectivity index (χ2n) is 6.20. The number of nitrogens with one attached hydrogen (secondary N) is 1. The molecule has 25 heavy (non-hydrogen) atoms. The summed E-state index contributed by atoms with van der Waals surface area (Å²) >= 11 is 0. The highest BCUT2D eigenvalue weighted by atomic mass is 19.1. The maximum absolute atomic E-state index is 13.6. The van der Waals surface area contributed by atoms with E-state index in [2.05, 4.69) is 5.32 Å². The molecule has 2 unspecified atom stereocenters. The van der Waals surface area contributed by atoms with E-state index in [0.717, 1.165) is 5.69 Å². The minimum Gasteiger partial charge on any atom is -0.442 e. The predicted molar refractivity (Wildman–Crippen MR) is 89.5 cm³/mol. The number of anilines is 2. The third-order valence-electron chi connectivity index (χ3n) is 4.34. The molecular weight excluding hydrogens is 329 g/mol. The van der Waals surface area contributed by atoms with Crippen molar-refractivity contribution in [3.8, 4) is 0 Å². The van der Waals surface area contributed by atoms with Crippen molar-refractivity contribution in [2.45, 2.75) is 25.6 Å². The molecule has 3 rings (SSSR count). The summed E-state index contributed by atoms with van der Waals surface area (Å²) in [5.74, 6) is -0.525. The van der Waals surface area contributed by atoms with Crippen LogP contribution in [0, 0.1) is 0 Å². The standard InChI is InChI=1S/C17H20FN3O4/c1-11(22)19-8-14-9-21(17(24)25-14)13-4-2-12(3-5-13)20-7-6-16(23)15(18)10-20/h2-5,14-15H,6-10H2,1H3,(H,19,22). The van der Waals surface area contributed by atoms with Gasteiger partial charge < -0.3 is 15.0 Å². The number of alkyl halides is 1. The summed E-state index contributed by atoms with van der Waals surface area (Å²) in [6, 6.07) is 7.13. The second-order valence-corrected chi connectivity index (χ2v) is 6.20. The molecule has 1 aromatic carbocycles. The molecule has 7 nitrogen and oxygen atoms in total. The van der Waals surface area contributed by atoms with Gasteiger partial charge in [0.15, 0.2) is 12.0 Å². The van der Waals surface area contributed by atoms with Gasteiger partial charge >= 0.3 is 6.09 Å². The van der Waals surface area contributed by atoms with Crippen molar-refractivity contribution in [2.75, 3.05) is 36.0 Å². The first-order chi connectivity index (χ1) is 11.9. The van der Waals surface area contributed by atoms with Crippen molar-refractivity contribution in [3.05, 3.63) is 24.3 Å². The summed E-state index contributed by atoms with van der Waals surface area (Å²) in [4.78, 5) is 37.5. The van der Waals surface area contributed by atoms with Crippen molar-refractivity contribution < 1.29 is 23.5 Å². The van der Waals surface area contributed by atoms with Crippen LogP contribution in [0.4, 0.5) is 20.6 Å². The first-order valence-corrected chi connectivity index (χ1v) is 8.18. The lowest BCUT2D eigenvalue weighted by atomic mass is 10.1. The van der Waals surface area contributed by atoms with Crippen LogP contribution in [0.2, 0.25) is 0 Å². The maximum Gasteiger partial charge on any atom is 0.414 e. The first-order valence-electron chi connectivity index (χ1n) is 8.18. The molecule has 2 atom stereocenters. The Balaban J connectivity index is 1.63. The Hall–Kier alpha value is -2.64. The topological polar surface area (TPSA) is 79.0 Å². The van der Waals surface area contributed by atoms with Crippen molar-refractivity contribution in [3.63, 3.8) is 0 Å². The van der Waals surface area contributed by atoms with Gasteiger partial charge in [-0.3, -0.25) is 14.5 Å². The number of hydrogen-bond donors (Lipinski definition) is 1. The summed E-state index contributed by atoms with van der Waals surface area (Å²) in [5, 5.41) is 2.63. The van der Waals surface area contributed by atoms with E-state index in [0.29, 0.717) is 18.8 Å². The third-order valence-corrected chi connectivity index (χ3v) is 4.34. The van der Waals surface area contributed by atoms with E-state index in [9.17, 15) is 18.8 Å². The fourth-order valence-corrected chi connectivity index (χ4v) is 2.96. The number of Topliss-reactive ketones (excluding diaryl/α,β-unsaturated/α-hetero) is 1. The molecule has 134 valence electrons. The lowest BCUT2D eigenvalue weighted by Crippen LogP contribution is -2.42. The molecule has 2 aliphatic heterocycles. The quantitative estimate of drug-likeness (QED) is 0.885. The molecule has 2 amide bonds. The summed E-state index contributed by atoms with van der Waals surface area (Å²) in [6.07, 6.45) is -2.10. The molecule has 2 saturated heterocycles. The molecule has 2 fully saturated rings. The molecule has 0 saturated carbocycles. The molecule has 1 aromatic rings. The number of hydrogen-bond acceptors (Lipinski definition) is 5. The average molecular weight is 349 g/mol. The van der Waals surface area contributed by atoms with Crippen molar-refractivity contribution in [2.24, 2.45) is 0 Å². The SMILES string of the molecule is CC(=O)NCC1CN(c2ccc(N3CCC(=O)C(F)C3)cc2)C(=O)O1. The molecule has 0 radical (unpaired) electrons. The van der Waals surface area contributed by atoms with Crippen LogP contribution in [0.5, 0.6) is 0 Å². The van der Waals surface area contributed by atoms with Crippen molar-refractivity contribution in [1.29, 1.82) is 0 Å². The highest BCUT2D eigenvalue weighted by Gasteiger charge is 2.32. The Kier molecular flexibility index (Phi) is 4.87. The van der Waals surface area contributed by atoms with Crippen molar-refractivity contribution in [1.82, 2.24) is 5.32 Å². The Morgan fingerprint density at radius 2 is 1.92 bits per heavy atom. The number of cyclic esters (lactones) is 1. The summed E-state index contributed by atoms with van der Waals surface area (Å²) < 4.78 is 18.8. The number of ether oxygens (including phenoxy) is 1. The zero-order valence-electron chi connectivity index (χ0n) is 13.9. The van der Waals surface area contributed by atoms with Crippen LogP contribution in [0.3, 0.4) is 0 Å². The Morgan fingerprint density at radius 1 is 1.24 bits per heavy atom. The number of ketones is 1. The van der Waals surface area contributed by atoms with Crippen LogP contribution in [-0.2, 0) is 14.3 Å². The fraction of sp³-hybridized carbons (Fsp3) is 0.471. The minimum absolute atomic E-state index is 0.0583. The molecule has 8 heteroatoms. The number of amides is 2. The summed E-state index contributed by atoms with van der Waals surface area (Å²) in [5.41, 5.74) is 1.48. The zero-order valence-corrected chi connectivity index (χ0v) is 13.9. The van der Waals surface area contributed by atoms with E-state index in [4.69, 9.17) is 4.74 Å². The molecule has 1 N–H and O–H groups in total. The monoisotopic (exact) mass is 349 g/mol. The lowest BCUT2D eigenvalue weighted by Gasteiger charge is -2.30. The van der Waals surface area contributed by atoms with Gasteiger partial charge in [-0.05, 0) is 24.3 Å². The number of carbonyl (C=O) groups is 3. The fourth-order valence-electron chi connectivity index (χ4n) is 2.96. The number of halogens is 1. The van der Waals surface area contributed by atoms with Crippen LogP contribution >= 0.6 is 0 Å². The van der Waals surface area contributed by atoms with Gasteiger partial charge in [-0.2, -0.15) is 0 Å². The highest BCUT2D eigenvalue weighted by Crippen LogP contribution is 2.26. The smallest absolute Gasteiger partial charge is 0.414 e. The van der Waals surface area contributed by atoms with Crippen LogP contribution in [-0.4, -0.2) is 56.2 Å². The predicted octanol–water partition coefficient (Wildman–Crippen LogP) is 1.27. The lowest BCUT2D eigenvalue weighted by molar-refractivity contribution is -0.124. The summed E-state index contributed by atoms with van der Waals surface area (Å²) in [7, 11) is 0. The normalized spacial score (nSPS) is 23.6. The van der Waals surface area contributed by atoms with Gasteiger partial charge in [-0.25, -0.2) is 9.18 Å². The number of carbonyl (C=O) groups excluding carboxylic acids is 3. The van der Waals surface area contributed by atoms with Gasteiger partial charge in [-0.15, -0.1) is 0 Å². The number of piperidine rings is 1. The van der Waals surface area contributed by atoms with E-state index in [1.807, 2.05) is 4.90 Å². The number of benzene rings is 1. The van der Waals surface area contributed by atoms with Crippen LogP contribution < -0.4 is 15.1 Å². The van der Waals surface area contributed by atoms with E-state index in [1.165, 1.54) is 11.8 Å². The molecule has 0 bridgehead atoms. The van der Waals surface area contributed by atoms with Crippen molar-refractivity contribution >= 4 is 29.2 Å². The van der Waals surface area contributed by atoms with Crippen LogP contribution in [0.25, 0.3) is 0 Å². The van der Waals surface area contributed by atoms with Crippen LogP contribution in [0.1, 0.15) is 13.3 Å². The molecule has 2 heterocycles. The highest BCUT2D eigenvalue weighted by molar-refractivity contribution is 5.90. The van der Waals surface area contributed by atoms with Gasteiger partial charge in [0.05, 0.1) is 19.6 Å². The third kappa shape index (κ3) is 3.89. The minimum atomic E-state index is -1.45. The first kappa shape index (κ1) is 17.2. The van der Waals surface area contributed by atoms with Gasteiger partial charge in [-0.1, -0.05) is 0 Å². The van der Waals surface area contributed by atoms with Gasteiger partial charge in [0.2, 0.25) is 5.91 Å². The molecule has 2 aliphatic rings. The zero-order chi connectivity index (χ0) is 18.0. The van der Waals surface area contributed by atoms with Crippen LogP contribution in [0.15, 0.2) is 24.3 Å². The molecule has 0 aromatic heterocycles.